The summed E-state index contributed by atoms with van der Waals surface area (Å²) in [6, 6.07) is 20.1. The number of benzene rings is 3. The van der Waals surface area contributed by atoms with E-state index in [4.69, 9.17) is 9.15 Å². The van der Waals surface area contributed by atoms with Gasteiger partial charge in [-0.25, -0.2) is 0 Å². The van der Waals surface area contributed by atoms with E-state index in [0.717, 1.165) is 22.3 Å². The monoisotopic (exact) mass is 456 g/mol. The van der Waals surface area contributed by atoms with Gasteiger partial charge < -0.3 is 9.15 Å². The van der Waals surface area contributed by atoms with Gasteiger partial charge in [-0.1, -0.05) is 23.8 Å². The Hall–Kier alpha value is -4.46. The second kappa shape index (κ2) is 9.99. The highest BCUT2D eigenvalue weighted by atomic mass is 16.5. The number of hydrazine groups is 1. The predicted octanol–water partition coefficient (Wildman–Crippen LogP) is 4.17. The zero-order chi connectivity index (χ0) is 24.1. The third-order valence-corrected chi connectivity index (χ3v) is 4.96. The molecule has 0 aliphatic heterocycles. The molecule has 0 unspecified atom stereocenters. The first-order valence-electron chi connectivity index (χ1n) is 10.7. The fraction of sp³-hybridized carbons (Fsp3) is 0.154. The summed E-state index contributed by atoms with van der Waals surface area (Å²) in [6.45, 7) is 5.67. The lowest BCUT2D eigenvalue weighted by atomic mass is 10.1. The van der Waals surface area contributed by atoms with Crippen LogP contribution in [0.2, 0.25) is 0 Å². The van der Waals surface area contributed by atoms with Crippen LogP contribution in [0.3, 0.4) is 0 Å². The molecule has 0 radical (unpaired) electrons. The van der Waals surface area contributed by atoms with Crippen molar-refractivity contribution in [2.45, 2.75) is 20.8 Å². The summed E-state index contributed by atoms with van der Waals surface area (Å²) in [5.74, 6) is 0.434. The quantitative estimate of drug-likeness (QED) is 0.422. The summed E-state index contributed by atoms with van der Waals surface area (Å²) in [4.78, 5) is 24.4. The van der Waals surface area contributed by atoms with E-state index in [1.165, 1.54) is 0 Å². The number of rotatable bonds is 6. The second-order valence-electron chi connectivity index (χ2n) is 7.97. The molecule has 2 amide bonds. The molecule has 8 heteroatoms. The maximum atomic E-state index is 12.4. The van der Waals surface area contributed by atoms with Crippen LogP contribution >= 0.6 is 0 Å². The molecule has 1 heterocycles. The molecule has 4 aromatic rings. The molecule has 0 aliphatic rings. The summed E-state index contributed by atoms with van der Waals surface area (Å²) in [5.41, 5.74) is 9.78. The van der Waals surface area contributed by atoms with Gasteiger partial charge in [-0.2, -0.15) is 0 Å². The van der Waals surface area contributed by atoms with E-state index < -0.39 is 11.8 Å². The van der Waals surface area contributed by atoms with Crippen molar-refractivity contribution < 1.29 is 18.7 Å². The molecule has 4 rings (SSSR count). The molecule has 0 fully saturated rings. The third-order valence-electron chi connectivity index (χ3n) is 4.96. The summed E-state index contributed by atoms with van der Waals surface area (Å²) in [6.07, 6.45) is 0. The van der Waals surface area contributed by atoms with E-state index in [-0.39, 0.29) is 6.61 Å². The molecular weight excluding hydrogens is 432 g/mol. The number of amides is 2. The predicted molar refractivity (Wildman–Crippen MR) is 127 cm³/mol. The molecule has 0 bridgehead atoms. The van der Waals surface area contributed by atoms with E-state index >= 15 is 0 Å². The Morgan fingerprint density at radius 3 is 2.15 bits per heavy atom. The third kappa shape index (κ3) is 5.66. The number of aryl methyl sites for hydroxylation is 3. The fourth-order valence-electron chi connectivity index (χ4n) is 3.40. The summed E-state index contributed by atoms with van der Waals surface area (Å²) < 4.78 is 11.3. The topological polar surface area (TPSA) is 106 Å². The Morgan fingerprint density at radius 2 is 1.47 bits per heavy atom. The largest absolute Gasteiger partial charge is 0.484 e. The first-order chi connectivity index (χ1) is 16.4. The second-order valence-corrected chi connectivity index (χ2v) is 7.97. The molecule has 1 aromatic heterocycles. The Balaban J connectivity index is 1.31. The molecule has 172 valence electrons. The zero-order valence-electron chi connectivity index (χ0n) is 19.1. The van der Waals surface area contributed by atoms with Crippen molar-refractivity contribution in [3.05, 3.63) is 89.0 Å². The van der Waals surface area contributed by atoms with Crippen LogP contribution in [0.15, 0.2) is 71.1 Å². The number of aromatic nitrogens is 2. The zero-order valence-corrected chi connectivity index (χ0v) is 19.1. The van der Waals surface area contributed by atoms with Crippen LogP contribution in [0.1, 0.15) is 27.0 Å². The van der Waals surface area contributed by atoms with Crippen molar-refractivity contribution >= 4 is 11.8 Å². The minimum Gasteiger partial charge on any atom is -0.484 e. The summed E-state index contributed by atoms with van der Waals surface area (Å²) >= 11 is 0. The van der Waals surface area contributed by atoms with Gasteiger partial charge in [-0.3, -0.25) is 20.4 Å². The number of hydrogen-bond acceptors (Lipinski definition) is 6. The van der Waals surface area contributed by atoms with E-state index in [2.05, 4.69) is 21.0 Å². The van der Waals surface area contributed by atoms with E-state index in [1.807, 2.05) is 63.2 Å². The molecule has 34 heavy (non-hydrogen) atoms. The maximum absolute atomic E-state index is 12.4. The Labute approximate surface area is 197 Å². The average molecular weight is 457 g/mol. The van der Waals surface area contributed by atoms with E-state index in [0.29, 0.717) is 28.7 Å². The number of carbonyl (C=O) groups excluding carboxylic acids is 2. The molecule has 2 N–H and O–H groups in total. The van der Waals surface area contributed by atoms with E-state index in [1.54, 1.807) is 24.3 Å². The Morgan fingerprint density at radius 1 is 0.794 bits per heavy atom. The molecule has 0 atom stereocenters. The normalized spacial score (nSPS) is 10.6. The van der Waals surface area contributed by atoms with Gasteiger partial charge >= 0.3 is 0 Å². The number of hydrogen-bond donors (Lipinski definition) is 2. The van der Waals surface area contributed by atoms with Crippen LogP contribution in [0.4, 0.5) is 0 Å². The Bertz CT molecular complexity index is 1310. The number of nitrogens with one attached hydrogen (secondary N) is 2. The lowest BCUT2D eigenvalue weighted by Gasteiger charge is -2.10. The molecule has 0 spiro atoms. The van der Waals surface area contributed by atoms with Crippen molar-refractivity contribution in [3.8, 4) is 28.7 Å². The lowest BCUT2D eigenvalue weighted by Crippen LogP contribution is -2.43. The standard InChI is InChI=1S/C26H24N4O4/c1-16-5-4-6-21(12-16)26-30-29-25(34-26)20-9-7-19(8-10-20)24(32)28-27-23(31)15-33-22-13-17(2)11-18(3)14-22/h4-14H,15H2,1-3H3,(H,27,31)(H,28,32). The van der Waals surface area contributed by atoms with Crippen LogP contribution in [0.25, 0.3) is 22.9 Å². The van der Waals surface area contributed by atoms with Crippen molar-refractivity contribution in [2.75, 3.05) is 6.61 Å². The highest BCUT2D eigenvalue weighted by molar-refractivity contribution is 5.95. The van der Waals surface area contributed by atoms with Crippen molar-refractivity contribution in [3.63, 3.8) is 0 Å². The number of ether oxygens (including phenoxy) is 1. The smallest absolute Gasteiger partial charge is 0.276 e. The van der Waals surface area contributed by atoms with Crippen molar-refractivity contribution in [1.82, 2.24) is 21.0 Å². The first-order valence-corrected chi connectivity index (χ1v) is 10.7. The SMILES string of the molecule is Cc1cc(C)cc(OCC(=O)NNC(=O)c2ccc(-c3nnc(-c4cccc(C)c4)o3)cc2)c1. The molecule has 0 saturated carbocycles. The number of nitrogens with zero attached hydrogens (tertiary/aromatic N) is 2. The van der Waals surface area contributed by atoms with Gasteiger partial charge in [0.25, 0.3) is 11.8 Å². The van der Waals surface area contributed by atoms with Gasteiger partial charge in [0.05, 0.1) is 0 Å². The van der Waals surface area contributed by atoms with Gasteiger partial charge in [-0.05, 0) is 80.4 Å². The fourth-order valence-corrected chi connectivity index (χ4v) is 3.40. The van der Waals surface area contributed by atoms with Crippen molar-refractivity contribution in [1.29, 1.82) is 0 Å². The molecule has 3 aromatic carbocycles. The maximum Gasteiger partial charge on any atom is 0.276 e. The van der Waals surface area contributed by atoms with Gasteiger partial charge in [0, 0.05) is 16.7 Å². The molecular formula is C26H24N4O4. The minimum absolute atomic E-state index is 0.220. The highest BCUT2D eigenvalue weighted by Gasteiger charge is 2.13. The average Bonchev–Trinajstić information content (AvgIpc) is 3.31. The van der Waals surface area contributed by atoms with Crippen LogP contribution in [0.5, 0.6) is 5.75 Å². The molecule has 0 aliphatic carbocycles. The highest BCUT2D eigenvalue weighted by Crippen LogP contribution is 2.24. The Kier molecular flexibility index (Phi) is 6.68. The minimum atomic E-state index is -0.473. The van der Waals surface area contributed by atoms with Gasteiger partial charge in [0.2, 0.25) is 11.8 Å². The van der Waals surface area contributed by atoms with Crippen LogP contribution in [-0.4, -0.2) is 28.6 Å². The first kappa shape index (κ1) is 22.7. The van der Waals surface area contributed by atoms with Gasteiger partial charge in [0.15, 0.2) is 6.61 Å². The molecule has 8 nitrogen and oxygen atoms in total. The van der Waals surface area contributed by atoms with Crippen molar-refractivity contribution in [2.24, 2.45) is 0 Å². The molecule has 0 saturated heterocycles. The summed E-state index contributed by atoms with van der Waals surface area (Å²) in [5, 5.41) is 8.20. The van der Waals surface area contributed by atoms with E-state index in [9.17, 15) is 9.59 Å². The van der Waals surface area contributed by atoms with Gasteiger partial charge in [-0.15, -0.1) is 10.2 Å². The lowest BCUT2D eigenvalue weighted by molar-refractivity contribution is -0.123. The van der Waals surface area contributed by atoms with Gasteiger partial charge in [0.1, 0.15) is 5.75 Å². The van der Waals surface area contributed by atoms with Crippen LogP contribution < -0.4 is 15.6 Å². The van der Waals surface area contributed by atoms with Crippen LogP contribution in [-0.2, 0) is 4.79 Å². The summed E-state index contributed by atoms with van der Waals surface area (Å²) in [7, 11) is 0. The van der Waals surface area contributed by atoms with Crippen LogP contribution in [0, 0.1) is 20.8 Å². The number of carbonyl (C=O) groups is 2.